The molecule has 0 radical (unpaired) electrons. The van der Waals surface area contributed by atoms with Crippen LogP contribution in [0.4, 0.5) is 5.69 Å². The third-order valence-electron chi connectivity index (χ3n) is 2.97. The second-order valence-electron chi connectivity index (χ2n) is 4.01. The summed E-state index contributed by atoms with van der Waals surface area (Å²) in [5, 5.41) is 9.12. The van der Waals surface area contributed by atoms with Crippen LogP contribution in [0.25, 0.3) is 0 Å². The molecule has 0 bridgehead atoms. The predicted molar refractivity (Wildman–Crippen MR) is 70.1 cm³/mol. The van der Waals surface area contributed by atoms with Crippen LogP contribution in [-0.4, -0.2) is 13.6 Å². The van der Waals surface area contributed by atoms with Crippen molar-refractivity contribution >= 4 is 5.69 Å². The monoisotopic (exact) mass is 241 g/mol. The molecule has 0 spiro atoms. The van der Waals surface area contributed by atoms with Crippen LogP contribution in [0.1, 0.15) is 17.4 Å². The molecule has 0 amide bonds. The van der Waals surface area contributed by atoms with Gasteiger partial charge in [-0.05, 0) is 24.3 Å². The summed E-state index contributed by atoms with van der Waals surface area (Å²) < 4.78 is 5.40. The van der Waals surface area contributed by atoms with Crippen LogP contribution in [0.2, 0.25) is 0 Å². The molecule has 0 aliphatic rings. The number of nitriles is 1. The van der Waals surface area contributed by atoms with E-state index in [0.29, 0.717) is 12.1 Å². The molecule has 1 aromatic carbocycles. The normalized spacial score (nSPS) is 11.8. The number of likely N-dealkylation sites (N-methyl/N-ethyl adjacent to an activating group) is 1. The smallest absolute Gasteiger partial charge is 0.127 e. The summed E-state index contributed by atoms with van der Waals surface area (Å²) in [5.41, 5.74) is 7.29. The minimum Gasteiger partial charge on any atom is -0.467 e. The Morgan fingerprint density at radius 1 is 1.33 bits per heavy atom. The first-order valence-electron chi connectivity index (χ1n) is 5.73. The number of hydrogen-bond donors (Lipinski definition) is 1. The molecule has 4 nitrogen and oxygen atoms in total. The highest BCUT2D eigenvalue weighted by Gasteiger charge is 2.20. The number of benzene rings is 1. The Morgan fingerprint density at radius 3 is 2.72 bits per heavy atom. The van der Waals surface area contributed by atoms with E-state index in [1.54, 1.807) is 12.3 Å². The van der Waals surface area contributed by atoms with E-state index in [1.807, 2.05) is 42.3 Å². The van der Waals surface area contributed by atoms with Crippen molar-refractivity contribution in [3.05, 3.63) is 54.0 Å². The minimum atomic E-state index is -0.0745. The molecule has 0 aliphatic heterocycles. The van der Waals surface area contributed by atoms with Gasteiger partial charge in [0, 0.05) is 13.6 Å². The largest absolute Gasteiger partial charge is 0.467 e. The van der Waals surface area contributed by atoms with Crippen molar-refractivity contribution in [2.45, 2.75) is 6.04 Å². The summed E-state index contributed by atoms with van der Waals surface area (Å²) >= 11 is 0. The fraction of sp³-hybridized carbons (Fsp3) is 0.214. The molecular formula is C14H15N3O. The van der Waals surface area contributed by atoms with E-state index in [-0.39, 0.29) is 6.04 Å². The fourth-order valence-electron chi connectivity index (χ4n) is 1.99. The van der Waals surface area contributed by atoms with Crippen LogP contribution in [0, 0.1) is 11.3 Å². The molecule has 1 unspecified atom stereocenters. The SMILES string of the molecule is CN(c1ccccc1C#N)C(CN)c1ccco1. The van der Waals surface area contributed by atoms with E-state index < -0.39 is 0 Å². The third kappa shape index (κ3) is 2.22. The van der Waals surface area contributed by atoms with Gasteiger partial charge in [0.15, 0.2) is 0 Å². The summed E-state index contributed by atoms with van der Waals surface area (Å²) in [6, 6.07) is 13.3. The van der Waals surface area contributed by atoms with Gasteiger partial charge in [-0.1, -0.05) is 12.1 Å². The van der Waals surface area contributed by atoms with Crippen molar-refractivity contribution in [3.63, 3.8) is 0 Å². The summed E-state index contributed by atoms with van der Waals surface area (Å²) in [5.74, 6) is 0.799. The summed E-state index contributed by atoms with van der Waals surface area (Å²) in [6.45, 7) is 0.420. The lowest BCUT2D eigenvalue weighted by molar-refractivity contribution is 0.460. The predicted octanol–water partition coefficient (Wildman–Crippen LogP) is 2.29. The van der Waals surface area contributed by atoms with Crippen LogP contribution in [-0.2, 0) is 0 Å². The van der Waals surface area contributed by atoms with Crippen molar-refractivity contribution in [3.8, 4) is 6.07 Å². The number of furan rings is 1. The lowest BCUT2D eigenvalue weighted by Gasteiger charge is -2.28. The molecule has 1 aromatic heterocycles. The Kier molecular flexibility index (Phi) is 3.66. The van der Waals surface area contributed by atoms with Crippen LogP contribution >= 0.6 is 0 Å². The zero-order chi connectivity index (χ0) is 13.0. The Labute approximate surface area is 106 Å². The molecule has 92 valence electrons. The molecular weight excluding hydrogens is 226 g/mol. The van der Waals surface area contributed by atoms with Crippen LogP contribution in [0.3, 0.4) is 0 Å². The van der Waals surface area contributed by atoms with Gasteiger partial charge < -0.3 is 15.1 Å². The maximum Gasteiger partial charge on any atom is 0.127 e. The number of nitrogens with zero attached hydrogens (tertiary/aromatic N) is 2. The maximum atomic E-state index is 9.12. The van der Waals surface area contributed by atoms with Crippen molar-refractivity contribution in [1.82, 2.24) is 0 Å². The van der Waals surface area contributed by atoms with Crippen LogP contribution < -0.4 is 10.6 Å². The van der Waals surface area contributed by atoms with Crippen LogP contribution in [0.5, 0.6) is 0 Å². The van der Waals surface area contributed by atoms with Gasteiger partial charge in [-0.2, -0.15) is 5.26 Å². The molecule has 0 aliphatic carbocycles. The van der Waals surface area contributed by atoms with E-state index in [2.05, 4.69) is 6.07 Å². The molecule has 1 heterocycles. The second kappa shape index (κ2) is 5.39. The van der Waals surface area contributed by atoms with Gasteiger partial charge >= 0.3 is 0 Å². The van der Waals surface area contributed by atoms with Crippen molar-refractivity contribution < 1.29 is 4.42 Å². The number of rotatable bonds is 4. The van der Waals surface area contributed by atoms with Gasteiger partial charge in [-0.3, -0.25) is 0 Å². The van der Waals surface area contributed by atoms with E-state index in [0.717, 1.165) is 11.4 Å². The van der Waals surface area contributed by atoms with Gasteiger partial charge in [0.05, 0.1) is 23.6 Å². The van der Waals surface area contributed by atoms with Gasteiger partial charge in [-0.25, -0.2) is 0 Å². The molecule has 18 heavy (non-hydrogen) atoms. The van der Waals surface area contributed by atoms with Crippen molar-refractivity contribution in [2.75, 3.05) is 18.5 Å². The first-order valence-corrected chi connectivity index (χ1v) is 5.73. The first kappa shape index (κ1) is 12.2. The van der Waals surface area contributed by atoms with Gasteiger partial charge in [-0.15, -0.1) is 0 Å². The van der Waals surface area contributed by atoms with E-state index in [9.17, 15) is 0 Å². The topological polar surface area (TPSA) is 66.2 Å². The lowest BCUT2D eigenvalue weighted by Crippen LogP contribution is -2.30. The van der Waals surface area contributed by atoms with E-state index in [1.165, 1.54) is 0 Å². The average molecular weight is 241 g/mol. The van der Waals surface area contributed by atoms with E-state index in [4.69, 9.17) is 15.4 Å². The fourth-order valence-corrected chi connectivity index (χ4v) is 1.99. The van der Waals surface area contributed by atoms with Crippen molar-refractivity contribution in [1.29, 1.82) is 5.26 Å². The third-order valence-corrected chi connectivity index (χ3v) is 2.97. The average Bonchev–Trinajstić information content (AvgIpc) is 2.93. The second-order valence-corrected chi connectivity index (χ2v) is 4.01. The Morgan fingerprint density at radius 2 is 2.11 bits per heavy atom. The lowest BCUT2D eigenvalue weighted by atomic mass is 10.1. The summed E-state index contributed by atoms with van der Waals surface area (Å²) in [6.07, 6.45) is 1.63. The Balaban J connectivity index is 2.35. The Hall–Kier alpha value is -2.25. The van der Waals surface area contributed by atoms with E-state index >= 15 is 0 Å². The van der Waals surface area contributed by atoms with Crippen molar-refractivity contribution in [2.24, 2.45) is 5.73 Å². The van der Waals surface area contributed by atoms with Gasteiger partial charge in [0.25, 0.3) is 0 Å². The highest BCUT2D eigenvalue weighted by Crippen LogP contribution is 2.27. The number of nitrogens with two attached hydrogens (primary N) is 1. The number of anilines is 1. The molecule has 2 rings (SSSR count). The summed E-state index contributed by atoms with van der Waals surface area (Å²) in [4.78, 5) is 1.97. The van der Waals surface area contributed by atoms with Crippen LogP contribution in [0.15, 0.2) is 47.1 Å². The Bertz CT molecular complexity index is 542. The molecule has 0 fully saturated rings. The highest BCUT2D eigenvalue weighted by atomic mass is 16.3. The molecule has 2 aromatic rings. The summed E-state index contributed by atoms with van der Waals surface area (Å²) in [7, 11) is 1.91. The standard InChI is InChI=1S/C14H15N3O/c1-17(12-6-3-2-5-11(12)9-15)13(10-16)14-7-4-8-18-14/h2-8,13H,10,16H2,1H3. The number of para-hydroxylation sites is 1. The zero-order valence-corrected chi connectivity index (χ0v) is 10.2. The zero-order valence-electron chi connectivity index (χ0n) is 10.2. The number of hydrogen-bond acceptors (Lipinski definition) is 4. The van der Waals surface area contributed by atoms with Gasteiger partial charge in [0.1, 0.15) is 11.8 Å². The first-order chi connectivity index (χ1) is 8.77. The molecule has 2 N–H and O–H groups in total. The molecule has 0 saturated carbocycles. The molecule has 1 atom stereocenters. The minimum absolute atomic E-state index is 0.0745. The maximum absolute atomic E-state index is 9.12. The quantitative estimate of drug-likeness (QED) is 0.891. The molecule has 4 heteroatoms. The molecule has 0 saturated heterocycles. The van der Waals surface area contributed by atoms with Gasteiger partial charge in [0.2, 0.25) is 0 Å². The highest BCUT2D eigenvalue weighted by molar-refractivity contribution is 5.59.